The van der Waals surface area contributed by atoms with Gasteiger partial charge in [-0.1, -0.05) is 6.92 Å². The highest BCUT2D eigenvalue weighted by Gasteiger charge is 2.18. The highest BCUT2D eigenvalue weighted by molar-refractivity contribution is 5.25. The minimum Gasteiger partial charge on any atom is -0.378 e. The highest BCUT2D eigenvalue weighted by atomic mass is 16.5. The SMILES string of the molecule is CCNC(CCC1CCCCO1)c1cnccc1C. The van der Waals surface area contributed by atoms with Crippen LogP contribution >= 0.6 is 0 Å². The third kappa shape index (κ3) is 4.29. The summed E-state index contributed by atoms with van der Waals surface area (Å²) in [6.07, 6.45) is 10.4. The van der Waals surface area contributed by atoms with E-state index >= 15 is 0 Å². The van der Waals surface area contributed by atoms with Gasteiger partial charge in [0, 0.05) is 25.0 Å². The molecule has 0 aromatic carbocycles. The van der Waals surface area contributed by atoms with Crippen molar-refractivity contribution in [2.75, 3.05) is 13.2 Å². The Balaban J connectivity index is 1.94. The number of aromatic nitrogens is 1. The van der Waals surface area contributed by atoms with Crippen molar-refractivity contribution in [3.63, 3.8) is 0 Å². The van der Waals surface area contributed by atoms with Crippen LogP contribution in [-0.2, 0) is 4.74 Å². The van der Waals surface area contributed by atoms with Gasteiger partial charge in [-0.05, 0) is 62.8 Å². The van der Waals surface area contributed by atoms with Crippen molar-refractivity contribution in [3.8, 4) is 0 Å². The monoisotopic (exact) mass is 262 g/mol. The van der Waals surface area contributed by atoms with Gasteiger partial charge in [-0.2, -0.15) is 0 Å². The summed E-state index contributed by atoms with van der Waals surface area (Å²) >= 11 is 0. The number of hydrogen-bond donors (Lipinski definition) is 1. The topological polar surface area (TPSA) is 34.1 Å². The molecule has 1 fully saturated rings. The molecule has 1 aliphatic heterocycles. The van der Waals surface area contributed by atoms with E-state index in [-0.39, 0.29) is 0 Å². The van der Waals surface area contributed by atoms with E-state index in [0.717, 1.165) is 26.0 Å². The lowest BCUT2D eigenvalue weighted by molar-refractivity contribution is 0.00855. The van der Waals surface area contributed by atoms with Crippen LogP contribution in [0.3, 0.4) is 0 Å². The predicted octanol–water partition coefficient (Wildman–Crippen LogP) is 3.39. The van der Waals surface area contributed by atoms with Gasteiger partial charge in [0.15, 0.2) is 0 Å². The molecule has 0 amide bonds. The van der Waals surface area contributed by atoms with E-state index in [9.17, 15) is 0 Å². The fraction of sp³-hybridized carbons (Fsp3) is 0.688. The van der Waals surface area contributed by atoms with Gasteiger partial charge in [0.25, 0.3) is 0 Å². The molecular weight excluding hydrogens is 236 g/mol. The summed E-state index contributed by atoms with van der Waals surface area (Å²) in [6, 6.07) is 2.50. The molecule has 2 heterocycles. The predicted molar refractivity (Wildman–Crippen MR) is 78.2 cm³/mol. The molecule has 0 aliphatic carbocycles. The van der Waals surface area contributed by atoms with Crippen LogP contribution in [0.1, 0.15) is 56.2 Å². The largest absolute Gasteiger partial charge is 0.378 e. The lowest BCUT2D eigenvalue weighted by Gasteiger charge is -2.26. The van der Waals surface area contributed by atoms with Gasteiger partial charge in [-0.25, -0.2) is 0 Å². The Kier molecular flexibility index (Phi) is 5.80. The number of ether oxygens (including phenoxy) is 1. The third-order valence-corrected chi connectivity index (χ3v) is 3.96. The summed E-state index contributed by atoms with van der Waals surface area (Å²) in [5, 5.41) is 3.58. The van der Waals surface area contributed by atoms with Crippen molar-refractivity contribution < 1.29 is 4.74 Å². The van der Waals surface area contributed by atoms with Gasteiger partial charge in [0.1, 0.15) is 0 Å². The van der Waals surface area contributed by atoms with Crippen molar-refractivity contribution in [2.24, 2.45) is 0 Å². The second-order valence-corrected chi connectivity index (χ2v) is 5.41. The number of rotatable bonds is 6. The lowest BCUT2D eigenvalue weighted by atomic mass is 9.96. The van der Waals surface area contributed by atoms with E-state index < -0.39 is 0 Å². The van der Waals surface area contributed by atoms with Crippen molar-refractivity contribution in [3.05, 3.63) is 29.6 Å². The fourth-order valence-electron chi connectivity index (χ4n) is 2.84. The van der Waals surface area contributed by atoms with Crippen LogP contribution in [0.15, 0.2) is 18.5 Å². The van der Waals surface area contributed by atoms with Crippen molar-refractivity contribution in [1.29, 1.82) is 0 Å². The minimum atomic E-state index is 0.407. The fourth-order valence-corrected chi connectivity index (χ4v) is 2.84. The summed E-state index contributed by atoms with van der Waals surface area (Å²) in [5.74, 6) is 0. The molecule has 1 saturated heterocycles. The molecule has 2 rings (SSSR count). The quantitative estimate of drug-likeness (QED) is 0.853. The molecular formula is C16H26N2O. The molecule has 106 valence electrons. The van der Waals surface area contributed by atoms with Crippen LogP contribution in [0.2, 0.25) is 0 Å². The Bertz CT molecular complexity index is 375. The molecule has 19 heavy (non-hydrogen) atoms. The summed E-state index contributed by atoms with van der Waals surface area (Å²) in [4.78, 5) is 4.27. The van der Waals surface area contributed by atoms with E-state index in [2.05, 4.69) is 30.2 Å². The molecule has 3 nitrogen and oxygen atoms in total. The summed E-state index contributed by atoms with van der Waals surface area (Å²) in [5.41, 5.74) is 2.66. The Morgan fingerprint density at radius 1 is 1.47 bits per heavy atom. The number of hydrogen-bond acceptors (Lipinski definition) is 3. The lowest BCUT2D eigenvalue weighted by Crippen LogP contribution is -2.25. The Hall–Kier alpha value is -0.930. The second-order valence-electron chi connectivity index (χ2n) is 5.41. The van der Waals surface area contributed by atoms with E-state index in [1.165, 1.54) is 30.4 Å². The van der Waals surface area contributed by atoms with Crippen LogP contribution in [0.4, 0.5) is 0 Å². The first kappa shape index (κ1) is 14.5. The summed E-state index contributed by atoms with van der Waals surface area (Å²) in [7, 11) is 0. The van der Waals surface area contributed by atoms with Crippen molar-refractivity contribution in [2.45, 2.75) is 58.1 Å². The van der Waals surface area contributed by atoms with E-state index in [1.54, 1.807) is 0 Å². The van der Waals surface area contributed by atoms with Crippen LogP contribution in [0, 0.1) is 6.92 Å². The number of nitrogens with one attached hydrogen (secondary N) is 1. The van der Waals surface area contributed by atoms with E-state index in [0.29, 0.717) is 12.1 Å². The van der Waals surface area contributed by atoms with Crippen LogP contribution in [0.25, 0.3) is 0 Å². The smallest absolute Gasteiger partial charge is 0.0575 e. The first-order chi connectivity index (χ1) is 9.31. The molecule has 1 aliphatic rings. The van der Waals surface area contributed by atoms with Gasteiger partial charge >= 0.3 is 0 Å². The minimum absolute atomic E-state index is 0.407. The molecule has 2 atom stereocenters. The average Bonchev–Trinajstić information content (AvgIpc) is 2.45. The van der Waals surface area contributed by atoms with Crippen LogP contribution < -0.4 is 5.32 Å². The average molecular weight is 262 g/mol. The maximum absolute atomic E-state index is 5.83. The first-order valence-corrected chi connectivity index (χ1v) is 7.56. The van der Waals surface area contributed by atoms with Gasteiger partial charge < -0.3 is 10.1 Å². The van der Waals surface area contributed by atoms with Gasteiger partial charge in [-0.3, -0.25) is 4.98 Å². The third-order valence-electron chi connectivity index (χ3n) is 3.96. The summed E-state index contributed by atoms with van der Waals surface area (Å²) < 4.78 is 5.83. The van der Waals surface area contributed by atoms with Gasteiger partial charge in [0.05, 0.1) is 6.10 Å². The Morgan fingerprint density at radius 3 is 3.05 bits per heavy atom. The molecule has 0 radical (unpaired) electrons. The standard InChI is InChI=1S/C16H26N2O/c1-3-18-16(15-12-17-10-9-13(15)2)8-7-14-6-4-5-11-19-14/h9-10,12,14,16,18H,3-8,11H2,1-2H3. The molecule has 0 spiro atoms. The van der Waals surface area contributed by atoms with Crippen LogP contribution in [0.5, 0.6) is 0 Å². The molecule has 2 unspecified atom stereocenters. The normalized spacial score (nSPS) is 21.3. The van der Waals surface area contributed by atoms with Crippen molar-refractivity contribution in [1.82, 2.24) is 10.3 Å². The molecule has 1 aromatic heterocycles. The van der Waals surface area contributed by atoms with Gasteiger partial charge in [-0.15, -0.1) is 0 Å². The Morgan fingerprint density at radius 2 is 2.37 bits per heavy atom. The zero-order valence-electron chi connectivity index (χ0n) is 12.2. The second kappa shape index (κ2) is 7.61. The maximum Gasteiger partial charge on any atom is 0.0575 e. The molecule has 1 N–H and O–H groups in total. The van der Waals surface area contributed by atoms with Gasteiger partial charge in [0.2, 0.25) is 0 Å². The molecule has 1 aromatic rings. The zero-order valence-corrected chi connectivity index (χ0v) is 12.2. The maximum atomic E-state index is 5.83. The van der Waals surface area contributed by atoms with Crippen LogP contribution in [-0.4, -0.2) is 24.2 Å². The number of nitrogens with zero attached hydrogens (tertiary/aromatic N) is 1. The molecule has 0 bridgehead atoms. The number of pyridine rings is 1. The van der Waals surface area contributed by atoms with E-state index in [4.69, 9.17) is 4.74 Å². The first-order valence-electron chi connectivity index (χ1n) is 7.56. The summed E-state index contributed by atoms with van der Waals surface area (Å²) in [6.45, 7) is 6.27. The molecule has 0 saturated carbocycles. The van der Waals surface area contributed by atoms with Crippen molar-refractivity contribution >= 4 is 0 Å². The number of aryl methyl sites for hydroxylation is 1. The highest BCUT2D eigenvalue weighted by Crippen LogP contribution is 2.25. The molecule has 3 heteroatoms. The Labute approximate surface area is 116 Å². The zero-order chi connectivity index (χ0) is 13.5. The van der Waals surface area contributed by atoms with E-state index in [1.807, 2.05) is 12.4 Å².